The number of benzene rings is 1. The van der Waals surface area contributed by atoms with Crippen LogP contribution in [0.2, 0.25) is 0 Å². The molecule has 5 nitrogen and oxygen atoms in total. The van der Waals surface area contributed by atoms with E-state index in [1.165, 1.54) is 0 Å². The van der Waals surface area contributed by atoms with Gasteiger partial charge in [0.05, 0.1) is 18.6 Å². The van der Waals surface area contributed by atoms with E-state index in [-0.39, 0.29) is 5.91 Å². The summed E-state index contributed by atoms with van der Waals surface area (Å²) in [7, 11) is 1.64. The molecule has 2 aliphatic rings. The zero-order chi connectivity index (χ0) is 16.3. The molecule has 23 heavy (non-hydrogen) atoms. The van der Waals surface area contributed by atoms with Crippen molar-refractivity contribution in [3.05, 3.63) is 35.9 Å². The van der Waals surface area contributed by atoms with Crippen LogP contribution >= 0.6 is 0 Å². The number of rotatable bonds is 4. The molecule has 2 unspecified atom stereocenters. The molecule has 3 rings (SSSR count). The van der Waals surface area contributed by atoms with E-state index in [1.807, 2.05) is 35.2 Å². The Morgan fingerprint density at radius 1 is 1.35 bits per heavy atom. The molecule has 0 aromatic heterocycles. The van der Waals surface area contributed by atoms with Gasteiger partial charge in [-0.05, 0) is 31.4 Å². The first kappa shape index (κ1) is 16.4. The van der Waals surface area contributed by atoms with Crippen molar-refractivity contribution in [3.63, 3.8) is 0 Å². The third-order valence-electron chi connectivity index (χ3n) is 5.19. The van der Waals surface area contributed by atoms with E-state index in [9.17, 15) is 9.90 Å². The number of nitrogens with one attached hydrogen (secondary N) is 1. The lowest BCUT2D eigenvalue weighted by atomic mass is 9.82. The molecule has 0 radical (unpaired) electrons. The van der Waals surface area contributed by atoms with Gasteiger partial charge in [-0.1, -0.05) is 30.3 Å². The molecule has 2 N–H and O–H groups in total. The number of nitrogens with zero attached hydrogens (tertiary/aromatic N) is 1. The van der Waals surface area contributed by atoms with Gasteiger partial charge in [0, 0.05) is 20.2 Å². The van der Waals surface area contributed by atoms with Crippen LogP contribution < -0.4 is 5.32 Å². The Hall–Kier alpha value is -1.43. The molecule has 1 aromatic carbocycles. The lowest BCUT2D eigenvalue weighted by molar-refractivity contribution is -0.151. The van der Waals surface area contributed by atoms with Crippen LogP contribution in [0.5, 0.6) is 0 Å². The Morgan fingerprint density at radius 3 is 2.78 bits per heavy atom. The molecule has 1 aromatic rings. The molecule has 1 amide bonds. The third kappa shape index (κ3) is 3.13. The van der Waals surface area contributed by atoms with Gasteiger partial charge in [0.1, 0.15) is 5.60 Å². The van der Waals surface area contributed by atoms with E-state index >= 15 is 0 Å². The largest absolute Gasteiger partial charge is 0.384 e. The fourth-order valence-electron chi connectivity index (χ4n) is 3.92. The summed E-state index contributed by atoms with van der Waals surface area (Å²) in [6.07, 6.45) is 2.30. The summed E-state index contributed by atoms with van der Waals surface area (Å²) < 4.78 is 5.33. The van der Waals surface area contributed by atoms with Crippen molar-refractivity contribution in [1.82, 2.24) is 10.2 Å². The monoisotopic (exact) mass is 318 g/mol. The van der Waals surface area contributed by atoms with Gasteiger partial charge in [-0.3, -0.25) is 4.79 Å². The van der Waals surface area contributed by atoms with Crippen LogP contribution in [-0.4, -0.2) is 55.8 Å². The summed E-state index contributed by atoms with van der Waals surface area (Å²) in [5, 5.41) is 14.4. The topological polar surface area (TPSA) is 61.8 Å². The second-order valence-corrected chi connectivity index (χ2v) is 6.87. The Balaban J connectivity index is 1.79. The average Bonchev–Trinajstić information content (AvgIpc) is 3.05. The number of hydrogen-bond donors (Lipinski definition) is 2. The number of amides is 1. The second-order valence-electron chi connectivity index (χ2n) is 6.87. The summed E-state index contributed by atoms with van der Waals surface area (Å²) in [6.45, 7) is 2.99. The van der Waals surface area contributed by atoms with Crippen molar-refractivity contribution >= 4 is 5.91 Å². The maximum Gasteiger partial charge on any atom is 0.232 e. The molecule has 0 aliphatic carbocycles. The van der Waals surface area contributed by atoms with Crippen molar-refractivity contribution in [2.24, 2.45) is 5.41 Å². The van der Waals surface area contributed by atoms with E-state index in [2.05, 4.69) is 5.32 Å². The molecule has 2 aliphatic heterocycles. The van der Waals surface area contributed by atoms with Crippen LogP contribution in [0.1, 0.15) is 24.8 Å². The molecule has 2 heterocycles. The van der Waals surface area contributed by atoms with E-state index in [1.54, 1.807) is 7.11 Å². The van der Waals surface area contributed by atoms with Crippen LogP contribution in [0.3, 0.4) is 0 Å². The summed E-state index contributed by atoms with van der Waals surface area (Å²) in [4.78, 5) is 15.0. The fourth-order valence-corrected chi connectivity index (χ4v) is 3.92. The SMILES string of the molecule is COCC1(C(=O)N2CCCC(O)(c3ccccc3)C2)CCNC1. The zero-order valence-electron chi connectivity index (χ0n) is 13.8. The smallest absolute Gasteiger partial charge is 0.232 e. The van der Waals surface area contributed by atoms with Gasteiger partial charge in [-0.25, -0.2) is 0 Å². The van der Waals surface area contributed by atoms with Crippen molar-refractivity contribution in [2.75, 3.05) is 39.9 Å². The normalized spacial score (nSPS) is 31.3. The lowest BCUT2D eigenvalue weighted by Crippen LogP contribution is -2.54. The van der Waals surface area contributed by atoms with Gasteiger partial charge < -0.3 is 20.1 Å². The van der Waals surface area contributed by atoms with Crippen molar-refractivity contribution in [3.8, 4) is 0 Å². The standard InChI is InChI=1S/C18H26N2O3/c1-23-14-17(9-10-19-12-17)16(21)20-11-5-8-18(22,13-20)15-6-3-2-4-7-15/h2-4,6-7,19,22H,5,8-14H2,1H3. The number of aliphatic hydroxyl groups is 1. The third-order valence-corrected chi connectivity index (χ3v) is 5.19. The highest BCUT2D eigenvalue weighted by molar-refractivity contribution is 5.84. The molecular weight excluding hydrogens is 292 g/mol. The first-order valence-electron chi connectivity index (χ1n) is 8.37. The maximum absolute atomic E-state index is 13.1. The molecular formula is C18H26N2O3. The highest BCUT2D eigenvalue weighted by Gasteiger charge is 2.46. The molecule has 2 fully saturated rings. The summed E-state index contributed by atoms with van der Waals surface area (Å²) in [6, 6.07) is 9.69. The highest BCUT2D eigenvalue weighted by Crippen LogP contribution is 2.35. The molecule has 2 atom stereocenters. The van der Waals surface area contributed by atoms with Crippen LogP contribution in [0, 0.1) is 5.41 Å². The fraction of sp³-hybridized carbons (Fsp3) is 0.611. The lowest BCUT2D eigenvalue weighted by Gasteiger charge is -2.42. The van der Waals surface area contributed by atoms with Crippen LogP contribution in [0.15, 0.2) is 30.3 Å². The van der Waals surface area contributed by atoms with Gasteiger partial charge >= 0.3 is 0 Å². The minimum Gasteiger partial charge on any atom is -0.384 e. The van der Waals surface area contributed by atoms with Crippen LogP contribution in [0.25, 0.3) is 0 Å². The minimum atomic E-state index is -0.949. The number of hydrogen-bond acceptors (Lipinski definition) is 4. The van der Waals surface area contributed by atoms with Gasteiger partial charge in [0.15, 0.2) is 0 Å². The molecule has 0 spiro atoms. The second kappa shape index (κ2) is 6.59. The zero-order valence-corrected chi connectivity index (χ0v) is 13.8. The predicted octanol–water partition coefficient (Wildman–Crippen LogP) is 1.12. The number of likely N-dealkylation sites (tertiary alicyclic amines) is 1. The molecule has 2 saturated heterocycles. The Bertz CT molecular complexity index is 542. The molecule has 5 heteroatoms. The quantitative estimate of drug-likeness (QED) is 0.873. The minimum absolute atomic E-state index is 0.110. The Morgan fingerprint density at radius 2 is 2.13 bits per heavy atom. The number of piperidine rings is 1. The van der Waals surface area contributed by atoms with Gasteiger partial charge in [-0.15, -0.1) is 0 Å². The highest BCUT2D eigenvalue weighted by atomic mass is 16.5. The number of methoxy groups -OCH3 is 1. The summed E-state index contributed by atoms with van der Waals surface area (Å²) in [5.74, 6) is 0.110. The van der Waals surface area contributed by atoms with E-state index in [0.29, 0.717) is 32.7 Å². The Kier molecular flexibility index (Phi) is 4.71. The predicted molar refractivity (Wildman–Crippen MR) is 87.9 cm³/mol. The van der Waals surface area contributed by atoms with Crippen molar-refractivity contribution in [2.45, 2.75) is 24.9 Å². The van der Waals surface area contributed by atoms with E-state index < -0.39 is 11.0 Å². The van der Waals surface area contributed by atoms with Crippen molar-refractivity contribution < 1.29 is 14.6 Å². The maximum atomic E-state index is 13.1. The molecule has 0 bridgehead atoms. The van der Waals surface area contributed by atoms with Crippen LogP contribution in [-0.2, 0) is 15.1 Å². The summed E-state index contributed by atoms with van der Waals surface area (Å²) in [5.41, 5.74) is -0.540. The Labute approximate surface area is 137 Å². The average molecular weight is 318 g/mol. The molecule has 0 saturated carbocycles. The molecule has 126 valence electrons. The summed E-state index contributed by atoms with van der Waals surface area (Å²) >= 11 is 0. The number of carbonyl (C=O) groups excluding carboxylic acids is 1. The van der Waals surface area contributed by atoms with Gasteiger partial charge in [-0.2, -0.15) is 0 Å². The van der Waals surface area contributed by atoms with E-state index in [0.717, 1.165) is 24.9 Å². The van der Waals surface area contributed by atoms with Gasteiger partial charge in [0.2, 0.25) is 5.91 Å². The first-order chi connectivity index (χ1) is 11.1. The van der Waals surface area contributed by atoms with Gasteiger partial charge in [0.25, 0.3) is 0 Å². The number of ether oxygens (including phenoxy) is 1. The first-order valence-corrected chi connectivity index (χ1v) is 8.37. The van der Waals surface area contributed by atoms with Crippen LogP contribution in [0.4, 0.5) is 0 Å². The van der Waals surface area contributed by atoms with E-state index in [4.69, 9.17) is 4.74 Å². The number of β-amino-alcohol motifs (C(OH)–C–C–N with tert-alkyl or cyclic N) is 1. The van der Waals surface area contributed by atoms with Crippen molar-refractivity contribution in [1.29, 1.82) is 0 Å². The number of carbonyl (C=O) groups is 1.